The van der Waals surface area contributed by atoms with Crippen molar-refractivity contribution in [1.29, 1.82) is 0 Å². The first-order valence-corrected chi connectivity index (χ1v) is 12.1. The number of benzene rings is 2. The van der Waals surface area contributed by atoms with Crippen LogP contribution >= 0.6 is 23.2 Å². The first kappa shape index (κ1) is 25.7. The zero-order valence-corrected chi connectivity index (χ0v) is 21.5. The van der Waals surface area contributed by atoms with E-state index < -0.39 is 17.8 Å². The van der Waals surface area contributed by atoms with Crippen molar-refractivity contribution >= 4 is 40.6 Å². The molecule has 3 heterocycles. The van der Waals surface area contributed by atoms with Crippen LogP contribution in [0.25, 0.3) is 16.9 Å². The number of carbonyl (C=O) groups excluding carboxylic acids is 1. The highest BCUT2D eigenvalue weighted by Crippen LogP contribution is 2.33. The number of fused-ring (bicyclic) bond motifs is 1. The minimum absolute atomic E-state index is 0.114. The van der Waals surface area contributed by atoms with Crippen LogP contribution in [0.15, 0.2) is 60.8 Å². The third-order valence-electron chi connectivity index (χ3n) is 6.02. The molecule has 1 amide bonds. The van der Waals surface area contributed by atoms with Gasteiger partial charge in [-0.25, -0.2) is 9.50 Å². The Morgan fingerprint density at radius 3 is 2.39 bits per heavy atom. The molecule has 3 aromatic heterocycles. The molecule has 0 fully saturated rings. The van der Waals surface area contributed by atoms with Crippen molar-refractivity contribution in [1.82, 2.24) is 24.4 Å². The molecule has 2 aromatic carbocycles. The molecular formula is C26H19Cl2F3N6O. The number of alkyl halides is 3. The van der Waals surface area contributed by atoms with Gasteiger partial charge in [0.2, 0.25) is 0 Å². The fraction of sp³-hybridized carbons (Fsp3) is 0.154. The molecule has 38 heavy (non-hydrogen) atoms. The molecule has 0 spiro atoms. The third kappa shape index (κ3) is 5.09. The monoisotopic (exact) mass is 558 g/mol. The van der Waals surface area contributed by atoms with Gasteiger partial charge in [0.05, 0.1) is 12.2 Å². The Labute approximate surface area is 224 Å². The molecule has 1 N–H and O–H groups in total. The Hall–Kier alpha value is -3.89. The van der Waals surface area contributed by atoms with Crippen LogP contribution in [0.1, 0.15) is 32.9 Å². The van der Waals surface area contributed by atoms with E-state index in [4.69, 9.17) is 23.2 Å². The van der Waals surface area contributed by atoms with E-state index in [2.05, 4.69) is 20.5 Å². The number of carbonyl (C=O) groups is 1. The van der Waals surface area contributed by atoms with Crippen molar-refractivity contribution in [3.05, 3.63) is 98.9 Å². The van der Waals surface area contributed by atoms with E-state index in [1.54, 1.807) is 36.5 Å². The summed E-state index contributed by atoms with van der Waals surface area (Å²) in [6.07, 6.45) is -3.12. The smallest absolute Gasteiger partial charge is 0.304 e. The Kier molecular flexibility index (Phi) is 6.62. The second-order valence-corrected chi connectivity index (χ2v) is 9.49. The number of rotatable bonds is 5. The largest absolute Gasteiger partial charge is 0.433 e. The van der Waals surface area contributed by atoms with E-state index in [1.165, 1.54) is 16.8 Å². The van der Waals surface area contributed by atoms with Crippen molar-refractivity contribution in [3.63, 3.8) is 0 Å². The fourth-order valence-corrected chi connectivity index (χ4v) is 4.40. The van der Waals surface area contributed by atoms with E-state index in [0.29, 0.717) is 25.7 Å². The van der Waals surface area contributed by atoms with Gasteiger partial charge in [0, 0.05) is 39.5 Å². The van der Waals surface area contributed by atoms with Gasteiger partial charge in [0.15, 0.2) is 22.9 Å². The standard InChI is InChI=1S/C26H19Cl2F3N6O/c1-14-6-7-16(10-15(14)2)20-11-22(26(29,30)31)37-24(32-20)12-21(34-37)25(38)33-23-8-9-36(35-23)13-17-18(27)4-3-5-19(17)28/h3-12H,13H2,1-2H3,(H,33,35,38). The molecule has 0 bridgehead atoms. The molecule has 0 atom stereocenters. The van der Waals surface area contributed by atoms with Gasteiger partial charge in [-0.1, -0.05) is 41.4 Å². The van der Waals surface area contributed by atoms with Crippen LogP contribution in [-0.2, 0) is 12.7 Å². The van der Waals surface area contributed by atoms with Crippen LogP contribution in [0, 0.1) is 13.8 Å². The maximum Gasteiger partial charge on any atom is 0.433 e. The average molecular weight is 559 g/mol. The Bertz CT molecular complexity index is 1670. The summed E-state index contributed by atoms with van der Waals surface area (Å²) in [5, 5.41) is 11.7. The molecule has 0 saturated heterocycles. The number of aromatic nitrogens is 5. The van der Waals surface area contributed by atoms with E-state index in [-0.39, 0.29) is 29.4 Å². The second-order valence-electron chi connectivity index (χ2n) is 8.68. The minimum Gasteiger partial charge on any atom is -0.304 e. The quantitative estimate of drug-likeness (QED) is 0.256. The second kappa shape index (κ2) is 9.77. The summed E-state index contributed by atoms with van der Waals surface area (Å²) in [4.78, 5) is 17.2. The molecule has 7 nitrogen and oxygen atoms in total. The first-order valence-electron chi connectivity index (χ1n) is 11.3. The van der Waals surface area contributed by atoms with Gasteiger partial charge in [-0.3, -0.25) is 9.48 Å². The lowest BCUT2D eigenvalue weighted by Crippen LogP contribution is -2.16. The molecule has 0 aliphatic rings. The number of halogens is 5. The molecule has 12 heteroatoms. The Morgan fingerprint density at radius 1 is 0.974 bits per heavy atom. The highest BCUT2D eigenvalue weighted by Gasteiger charge is 2.35. The topological polar surface area (TPSA) is 77.1 Å². The zero-order valence-electron chi connectivity index (χ0n) is 20.0. The third-order valence-corrected chi connectivity index (χ3v) is 6.73. The summed E-state index contributed by atoms with van der Waals surface area (Å²) in [7, 11) is 0. The normalized spacial score (nSPS) is 11.8. The molecule has 0 saturated carbocycles. The van der Waals surface area contributed by atoms with E-state index >= 15 is 0 Å². The number of amides is 1. The molecular weight excluding hydrogens is 540 g/mol. The van der Waals surface area contributed by atoms with Gasteiger partial charge in [-0.15, -0.1) is 0 Å². The van der Waals surface area contributed by atoms with Crippen LogP contribution in [0.3, 0.4) is 0 Å². The SMILES string of the molecule is Cc1ccc(-c2cc(C(F)(F)F)n3nc(C(=O)Nc4ccn(Cc5c(Cl)cccc5Cl)n4)cc3n2)cc1C. The van der Waals surface area contributed by atoms with Gasteiger partial charge < -0.3 is 5.32 Å². The lowest BCUT2D eigenvalue weighted by atomic mass is 10.0. The molecule has 0 unspecified atom stereocenters. The average Bonchev–Trinajstić information content (AvgIpc) is 3.48. The van der Waals surface area contributed by atoms with Gasteiger partial charge in [0.1, 0.15) is 0 Å². The van der Waals surface area contributed by atoms with Crippen molar-refractivity contribution in [2.24, 2.45) is 0 Å². The van der Waals surface area contributed by atoms with Crippen molar-refractivity contribution in [3.8, 4) is 11.3 Å². The molecule has 194 valence electrons. The molecule has 0 radical (unpaired) electrons. The lowest BCUT2D eigenvalue weighted by molar-refractivity contribution is -0.142. The fourth-order valence-electron chi connectivity index (χ4n) is 3.88. The highest BCUT2D eigenvalue weighted by atomic mass is 35.5. The molecule has 0 aliphatic heterocycles. The van der Waals surface area contributed by atoms with Crippen molar-refractivity contribution in [2.45, 2.75) is 26.6 Å². The number of anilines is 1. The zero-order chi connectivity index (χ0) is 27.2. The number of nitrogens with one attached hydrogen (secondary N) is 1. The molecule has 0 aliphatic carbocycles. The summed E-state index contributed by atoms with van der Waals surface area (Å²) in [6.45, 7) is 4.03. The summed E-state index contributed by atoms with van der Waals surface area (Å²) in [5.74, 6) is -0.563. The van der Waals surface area contributed by atoms with Crippen LogP contribution in [0.2, 0.25) is 10.0 Å². The molecule has 5 aromatic rings. The number of hydrogen-bond donors (Lipinski definition) is 1. The van der Waals surface area contributed by atoms with Crippen LogP contribution in [-0.4, -0.2) is 30.3 Å². The predicted octanol–water partition coefficient (Wildman–Crippen LogP) is 6.84. The van der Waals surface area contributed by atoms with Crippen LogP contribution in [0.5, 0.6) is 0 Å². The van der Waals surface area contributed by atoms with Crippen molar-refractivity contribution in [2.75, 3.05) is 5.32 Å². The van der Waals surface area contributed by atoms with E-state index in [9.17, 15) is 18.0 Å². The summed E-state index contributed by atoms with van der Waals surface area (Å²) in [5.41, 5.74) is 1.82. The summed E-state index contributed by atoms with van der Waals surface area (Å²) in [6, 6.07) is 14.1. The number of hydrogen-bond acceptors (Lipinski definition) is 4. The Balaban J connectivity index is 1.44. The predicted molar refractivity (Wildman–Crippen MR) is 139 cm³/mol. The summed E-state index contributed by atoms with van der Waals surface area (Å²) < 4.78 is 43.9. The molecule has 5 rings (SSSR count). The first-order chi connectivity index (χ1) is 18.0. The highest BCUT2D eigenvalue weighted by molar-refractivity contribution is 6.36. The lowest BCUT2D eigenvalue weighted by Gasteiger charge is -2.11. The van der Waals surface area contributed by atoms with E-state index in [0.717, 1.165) is 17.2 Å². The maximum absolute atomic E-state index is 13.9. The van der Waals surface area contributed by atoms with Crippen LogP contribution < -0.4 is 5.32 Å². The minimum atomic E-state index is -4.73. The van der Waals surface area contributed by atoms with Gasteiger partial charge in [-0.2, -0.15) is 23.4 Å². The van der Waals surface area contributed by atoms with Crippen LogP contribution in [0.4, 0.5) is 19.0 Å². The van der Waals surface area contributed by atoms with E-state index in [1.807, 2.05) is 19.9 Å². The maximum atomic E-state index is 13.9. The van der Waals surface area contributed by atoms with Gasteiger partial charge in [-0.05, 0) is 49.2 Å². The number of nitrogens with zero attached hydrogens (tertiary/aromatic N) is 5. The van der Waals surface area contributed by atoms with Gasteiger partial charge >= 0.3 is 6.18 Å². The van der Waals surface area contributed by atoms with Crippen molar-refractivity contribution < 1.29 is 18.0 Å². The number of aryl methyl sites for hydroxylation is 2. The van der Waals surface area contributed by atoms with Gasteiger partial charge in [0.25, 0.3) is 5.91 Å². The Morgan fingerprint density at radius 2 is 1.71 bits per heavy atom. The summed E-state index contributed by atoms with van der Waals surface area (Å²) >= 11 is 12.4.